The molecule has 0 saturated carbocycles. The van der Waals surface area contributed by atoms with E-state index < -0.39 is 0 Å². The van der Waals surface area contributed by atoms with Crippen molar-refractivity contribution >= 4 is 5.91 Å². The number of hydrogen-bond acceptors (Lipinski definition) is 3. The van der Waals surface area contributed by atoms with Crippen LogP contribution in [0.15, 0.2) is 29.0 Å². The van der Waals surface area contributed by atoms with Crippen LogP contribution in [-0.4, -0.2) is 16.0 Å². The molecule has 5 heteroatoms. The van der Waals surface area contributed by atoms with Crippen LogP contribution in [0, 0.1) is 6.92 Å². The lowest BCUT2D eigenvalue weighted by Gasteiger charge is -1.99. The second-order valence-corrected chi connectivity index (χ2v) is 3.23. The largest absolute Gasteiger partial charge is 0.367 e. The lowest BCUT2D eigenvalue weighted by atomic mass is 10.3. The Hall–Kier alpha value is -2.04. The van der Waals surface area contributed by atoms with E-state index in [-0.39, 0.29) is 11.7 Å². The topological polar surface area (TPSA) is 70.9 Å². The van der Waals surface area contributed by atoms with E-state index in [0.717, 1.165) is 5.56 Å². The van der Waals surface area contributed by atoms with Crippen LogP contribution in [0.4, 0.5) is 0 Å². The number of nitrogens with zero attached hydrogens (tertiary/aromatic N) is 1. The number of rotatable bonds is 3. The molecule has 0 atom stereocenters. The predicted octanol–water partition coefficient (Wildman–Crippen LogP) is 1.24. The first-order valence-corrected chi connectivity index (χ1v) is 4.59. The number of nitrogens with one attached hydrogen (secondary N) is 2. The van der Waals surface area contributed by atoms with Crippen molar-refractivity contribution in [1.82, 2.24) is 15.5 Å². The minimum absolute atomic E-state index is 0.239. The summed E-state index contributed by atoms with van der Waals surface area (Å²) in [4.78, 5) is 14.4. The van der Waals surface area contributed by atoms with Crippen LogP contribution in [0.1, 0.15) is 21.8 Å². The molecule has 0 saturated heterocycles. The Morgan fingerprint density at radius 3 is 3.13 bits per heavy atom. The van der Waals surface area contributed by atoms with Gasteiger partial charge in [0.25, 0.3) is 5.91 Å². The quantitative estimate of drug-likeness (QED) is 0.791. The molecule has 0 aliphatic rings. The SMILES string of the molecule is Cc1cc(C(=O)NCc2cc[nH]c2)on1. The molecular weight excluding hydrogens is 194 g/mol. The van der Waals surface area contributed by atoms with Gasteiger partial charge in [-0.05, 0) is 18.6 Å². The van der Waals surface area contributed by atoms with E-state index in [9.17, 15) is 4.79 Å². The average Bonchev–Trinajstić information content (AvgIpc) is 2.84. The predicted molar refractivity (Wildman–Crippen MR) is 53.2 cm³/mol. The van der Waals surface area contributed by atoms with Crippen molar-refractivity contribution in [2.24, 2.45) is 0 Å². The number of amides is 1. The zero-order valence-electron chi connectivity index (χ0n) is 8.28. The second kappa shape index (κ2) is 4.00. The second-order valence-electron chi connectivity index (χ2n) is 3.23. The minimum atomic E-state index is -0.253. The van der Waals surface area contributed by atoms with Crippen molar-refractivity contribution in [2.45, 2.75) is 13.5 Å². The summed E-state index contributed by atoms with van der Waals surface area (Å²) in [6, 6.07) is 3.50. The zero-order valence-corrected chi connectivity index (χ0v) is 8.28. The van der Waals surface area contributed by atoms with Crippen molar-refractivity contribution in [3.63, 3.8) is 0 Å². The molecule has 0 spiro atoms. The van der Waals surface area contributed by atoms with Gasteiger partial charge in [0.1, 0.15) is 0 Å². The fourth-order valence-corrected chi connectivity index (χ4v) is 1.21. The van der Waals surface area contributed by atoms with E-state index in [2.05, 4.69) is 15.5 Å². The molecule has 78 valence electrons. The maximum Gasteiger partial charge on any atom is 0.290 e. The molecule has 15 heavy (non-hydrogen) atoms. The Morgan fingerprint density at radius 2 is 2.53 bits per heavy atom. The number of aromatic nitrogens is 2. The normalized spacial score (nSPS) is 10.2. The molecule has 0 aliphatic carbocycles. The van der Waals surface area contributed by atoms with E-state index >= 15 is 0 Å². The third kappa shape index (κ3) is 2.25. The van der Waals surface area contributed by atoms with Gasteiger partial charge < -0.3 is 14.8 Å². The molecule has 2 aromatic heterocycles. The molecule has 0 unspecified atom stereocenters. The van der Waals surface area contributed by atoms with E-state index in [4.69, 9.17) is 4.52 Å². The monoisotopic (exact) mass is 205 g/mol. The van der Waals surface area contributed by atoms with Gasteiger partial charge in [-0.25, -0.2) is 0 Å². The molecule has 5 nitrogen and oxygen atoms in total. The summed E-state index contributed by atoms with van der Waals surface area (Å²) >= 11 is 0. The van der Waals surface area contributed by atoms with Gasteiger partial charge in [-0.3, -0.25) is 4.79 Å². The summed E-state index contributed by atoms with van der Waals surface area (Å²) in [5, 5.41) is 6.36. The molecule has 0 fully saturated rings. The Labute approximate surface area is 86.5 Å². The van der Waals surface area contributed by atoms with Gasteiger partial charge in [-0.1, -0.05) is 5.16 Å². The van der Waals surface area contributed by atoms with Crippen LogP contribution in [0.5, 0.6) is 0 Å². The van der Waals surface area contributed by atoms with Gasteiger partial charge in [0, 0.05) is 25.0 Å². The van der Waals surface area contributed by atoms with Crippen molar-refractivity contribution in [3.05, 3.63) is 41.5 Å². The highest BCUT2D eigenvalue weighted by Crippen LogP contribution is 2.02. The highest BCUT2D eigenvalue weighted by atomic mass is 16.5. The van der Waals surface area contributed by atoms with Crippen LogP contribution in [0.2, 0.25) is 0 Å². The van der Waals surface area contributed by atoms with Crippen molar-refractivity contribution in [1.29, 1.82) is 0 Å². The Kier molecular flexibility index (Phi) is 2.53. The molecule has 2 rings (SSSR count). The number of carbonyl (C=O) groups is 1. The summed E-state index contributed by atoms with van der Waals surface area (Å²) in [5.41, 5.74) is 1.71. The van der Waals surface area contributed by atoms with Gasteiger partial charge in [-0.15, -0.1) is 0 Å². The summed E-state index contributed by atoms with van der Waals surface area (Å²) < 4.78 is 4.83. The molecule has 0 bridgehead atoms. The van der Waals surface area contributed by atoms with E-state index in [1.165, 1.54) is 0 Å². The Bertz CT molecular complexity index is 445. The first-order chi connectivity index (χ1) is 7.25. The van der Waals surface area contributed by atoms with Gasteiger partial charge in [0.2, 0.25) is 5.76 Å². The highest BCUT2D eigenvalue weighted by Gasteiger charge is 2.10. The van der Waals surface area contributed by atoms with Crippen LogP contribution in [0.3, 0.4) is 0 Å². The van der Waals surface area contributed by atoms with Crippen molar-refractivity contribution in [3.8, 4) is 0 Å². The van der Waals surface area contributed by atoms with Crippen LogP contribution >= 0.6 is 0 Å². The molecule has 0 radical (unpaired) electrons. The lowest BCUT2D eigenvalue weighted by molar-refractivity contribution is 0.0914. The first kappa shape index (κ1) is 9.51. The highest BCUT2D eigenvalue weighted by molar-refractivity contribution is 5.91. The van der Waals surface area contributed by atoms with Gasteiger partial charge >= 0.3 is 0 Å². The molecule has 0 aromatic carbocycles. The smallest absolute Gasteiger partial charge is 0.290 e. The van der Waals surface area contributed by atoms with E-state index in [1.807, 2.05) is 12.3 Å². The first-order valence-electron chi connectivity index (χ1n) is 4.59. The number of H-pyrrole nitrogens is 1. The summed E-state index contributed by atoms with van der Waals surface area (Å²) in [6.07, 6.45) is 3.63. The fraction of sp³-hybridized carbons (Fsp3) is 0.200. The van der Waals surface area contributed by atoms with Crippen molar-refractivity contribution in [2.75, 3.05) is 0 Å². The van der Waals surface area contributed by atoms with Gasteiger partial charge in [0.15, 0.2) is 0 Å². The van der Waals surface area contributed by atoms with Gasteiger partial charge in [0.05, 0.1) is 5.69 Å². The molecule has 0 aliphatic heterocycles. The van der Waals surface area contributed by atoms with Gasteiger partial charge in [-0.2, -0.15) is 0 Å². The summed E-state index contributed by atoms with van der Waals surface area (Å²) in [7, 11) is 0. The molecule has 2 heterocycles. The van der Waals surface area contributed by atoms with Crippen LogP contribution in [-0.2, 0) is 6.54 Å². The van der Waals surface area contributed by atoms with Crippen LogP contribution < -0.4 is 5.32 Å². The van der Waals surface area contributed by atoms with Crippen molar-refractivity contribution < 1.29 is 9.32 Å². The minimum Gasteiger partial charge on any atom is -0.367 e. The maximum absolute atomic E-state index is 11.5. The third-order valence-corrected chi connectivity index (χ3v) is 1.97. The number of aryl methyl sites for hydroxylation is 1. The third-order valence-electron chi connectivity index (χ3n) is 1.97. The molecular formula is C10H11N3O2. The maximum atomic E-state index is 11.5. The average molecular weight is 205 g/mol. The number of aromatic amines is 1. The Balaban J connectivity index is 1.93. The zero-order chi connectivity index (χ0) is 10.7. The Morgan fingerprint density at radius 1 is 1.67 bits per heavy atom. The molecule has 1 amide bonds. The van der Waals surface area contributed by atoms with E-state index in [0.29, 0.717) is 12.2 Å². The molecule has 2 N–H and O–H groups in total. The number of carbonyl (C=O) groups excluding carboxylic acids is 1. The summed E-state index contributed by atoms with van der Waals surface area (Å²) in [6.45, 7) is 2.24. The number of hydrogen-bond donors (Lipinski definition) is 2. The van der Waals surface area contributed by atoms with Crippen LogP contribution in [0.25, 0.3) is 0 Å². The standard InChI is InChI=1S/C10H11N3O2/c1-7-4-9(15-13-7)10(14)12-6-8-2-3-11-5-8/h2-5,11H,6H2,1H3,(H,12,14). The molecule has 2 aromatic rings. The van der Waals surface area contributed by atoms with E-state index in [1.54, 1.807) is 19.2 Å². The fourth-order valence-electron chi connectivity index (χ4n) is 1.21. The lowest BCUT2D eigenvalue weighted by Crippen LogP contribution is -2.21. The summed E-state index contributed by atoms with van der Waals surface area (Å²) in [5.74, 6) is -0.0140.